The highest BCUT2D eigenvalue weighted by atomic mass is 16.7. The first-order valence-electron chi connectivity index (χ1n) is 6.36. The van der Waals surface area contributed by atoms with Crippen LogP contribution in [0.3, 0.4) is 0 Å². The topological polar surface area (TPSA) is 41.9 Å². The van der Waals surface area contributed by atoms with Crippen LogP contribution in [0.2, 0.25) is 0 Å². The van der Waals surface area contributed by atoms with Crippen LogP contribution >= 0.6 is 0 Å². The summed E-state index contributed by atoms with van der Waals surface area (Å²) in [4.78, 5) is 2.06. The van der Waals surface area contributed by atoms with Gasteiger partial charge in [-0.3, -0.25) is 4.90 Å². The number of hydrogen-bond donors (Lipinski definition) is 1. The second-order valence-electron chi connectivity index (χ2n) is 4.65. The number of methoxy groups -OCH3 is 1. The molecule has 0 saturated carbocycles. The summed E-state index contributed by atoms with van der Waals surface area (Å²) in [5.41, 5.74) is 1.16. The molecule has 0 aliphatic carbocycles. The van der Waals surface area contributed by atoms with E-state index in [2.05, 4.69) is 4.90 Å². The maximum atomic E-state index is 10.2. The zero-order valence-electron chi connectivity index (χ0n) is 10.8. The monoisotopic (exact) mass is 251 g/mol. The van der Waals surface area contributed by atoms with Crippen LogP contribution in [0.4, 0.5) is 0 Å². The van der Waals surface area contributed by atoms with Crippen molar-refractivity contribution in [2.75, 3.05) is 27.0 Å². The third-order valence-electron chi connectivity index (χ3n) is 3.28. The van der Waals surface area contributed by atoms with Gasteiger partial charge in [0.15, 0.2) is 0 Å². The molecule has 0 unspecified atom stereocenters. The number of likely N-dealkylation sites (tertiary alicyclic amines) is 1. The van der Waals surface area contributed by atoms with E-state index in [1.807, 2.05) is 30.3 Å². The molecule has 4 nitrogen and oxygen atoms in total. The van der Waals surface area contributed by atoms with E-state index in [4.69, 9.17) is 9.47 Å². The predicted octanol–water partition coefficient (Wildman–Crippen LogP) is 1.24. The highest BCUT2D eigenvalue weighted by molar-refractivity contribution is 5.15. The zero-order valence-corrected chi connectivity index (χ0v) is 10.8. The summed E-state index contributed by atoms with van der Waals surface area (Å²) in [6, 6.07) is 10.1. The molecule has 1 aliphatic heterocycles. The molecule has 1 fully saturated rings. The molecule has 4 heteroatoms. The summed E-state index contributed by atoms with van der Waals surface area (Å²) in [5.74, 6) is 0. The molecule has 1 aromatic carbocycles. The van der Waals surface area contributed by atoms with Gasteiger partial charge in [-0.2, -0.15) is 0 Å². The molecule has 2 atom stereocenters. The van der Waals surface area contributed by atoms with E-state index >= 15 is 0 Å². The van der Waals surface area contributed by atoms with Crippen LogP contribution in [0.5, 0.6) is 0 Å². The highest BCUT2D eigenvalue weighted by Gasteiger charge is 2.27. The van der Waals surface area contributed by atoms with E-state index in [1.165, 1.54) is 0 Å². The van der Waals surface area contributed by atoms with Crippen LogP contribution in [0.15, 0.2) is 30.3 Å². The molecule has 0 radical (unpaired) electrons. The molecule has 1 aliphatic rings. The lowest BCUT2D eigenvalue weighted by molar-refractivity contribution is -0.0733. The van der Waals surface area contributed by atoms with E-state index < -0.39 is 6.23 Å². The minimum absolute atomic E-state index is 0.176. The fraction of sp³-hybridized carbons (Fsp3) is 0.571. The van der Waals surface area contributed by atoms with Gasteiger partial charge >= 0.3 is 0 Å². The summed E-state index contributed by atoms with van der Waals surface area (Å²) in [7, 11) is 1.62. The average molecular weight is 251 g/mol. The number of rotatable bonds is 6. The molecule has 1 saturated heterocycles. The van der Waals surface area contributed by atoms with Crippen LogP contribution in [-0.2, 0) is 15.9 Å². The Morgan fingerprint density at radius 3 is 2.89 bits per heavy atom. The van der Waals surface area contributed by atoms with Crippen molar-refractivity contribution in [2.45, 2.75) is 25.2 Å². The van der Waals surface area contributed by atoms with Gasteiger partial charge in [0.05, 0.1) is 6.10 Å². The van der Waals surface area contributed by atoms with Crippen molar-refractivity contribution >= 4 is 0 Å². The van der Waals surface area contributed by atoms with Crippen molar-refractivity contribution < 1.29 is 14.6 Å². The number of ether oxygens (including phenoxy) is 2. The van der Waals surface area contributed by atoms with Gasteiger partial charge in [-0.15, -0.1) is 0 Å². The molecular weight excluding hydrogens is 230 g/mol. The molecule has 100 valence electrons. The molecule has 1 heterocycles. The Bertz CT molecular complexity index is 344. The Morgan fingerprint density at radius 2 is 2.17 bits per heavy atom. The van der Waals surface area contributed by atoms with Gasteiger partial charge in [-0.1, -0.05) is 30.3 Å². The molecule has 1 aromatic rings. The molecule has 18 heavy (non-hydrogen) atoms. The smallest absolute Gasteiger partial charge is 0.146 e. The van der Waals surface area contributed by atoms with Crippen LogP contribution in [-0.4, -0.2) is 49.3 Å². The van der Waals surface area contributed by atoms with E-state index in [9.17, 15) is 5.11 Å². The molecule has 1 N–H and O–H groups in total. The number of benzene rings is 1. The first kappa shape index (κ1) is 13.5. The van der Waals surface area contributed by atoms with E-state index in [-0.39, 0.29) is 6.10 Å². The Kier molecular flexibility index (Phi) is 5.13. The van der Waals surface area contributed by atoms with Gasteiger partial charge < -0.3 is 14.6 Å². The fourth-order valence-corrected chi connectivity index (χ4v) is 2.28. The summed E-state index contributed by atoms with van der Waals surface area (Å²) < 4.78 is 10.4. The minimum Gasteiger partial charge on any atom is -0.378 e. The minimum atomic E-state index is -0.427. The van der Waals surface area contributed by atoms with Crippen LogP contribution in [0.1, 0.15) is 12.0 Å². The van der Waals surface area contributed by atoms with Gasteiger partial charge in [0, 0.05) is 26.6 Å². The van der Waals surface area contributed by atoms with Crippen molar-refractivity contribution in [1.82, 2.24) is 4.90 Å². The standard InChI is InChI=1S/C14H21NO3/c1-17-11-18-13-7-8-15(10-13)14(16)9-12-5-3-2-4-6-12/h2-6,13-14,16H,7-11H2,1H3/t13-,14-/m0/s1. The third kappa shape index (κ3) is 3.78. The Morgan fingerprint density at radius 1 is 1.39 bits per heavy atom. The van der Waals surface area contributed by atoms with E-state index in [0.717, 1.165) is 25.1 Å². The normalized spacial score (nSPS) is 22.2. The average Bonchev–Trinajstić information content (AvgIpc) is 2.86. The Hall–Kier alpha value is -0.940. The van der Waals surface area contributed by atoms with E-state index in [0.29, 0.717) is 13.2 Å². The summed E-state index contributed by atoms with van der Waals surface area (Å²) in [6.07, 6.45) is 1.37. The summed E-state index contributed by atoms with van der Waals surface area (Å²) >= 11 is 0. The van der Waals surface area contributed by atoms with Crippen molar-refractivity contribution in [2.24, 2.45) is 0 Å². The fourth-order valence-electron chi connectivity index (χ4n) is 2.28. The predicted molar refractivity (Wildman–Crippen MR) is 69.1 cm³/mol. The quantitative estimate of drug-likeness (QED) is 0.773. The summed E-state index contributed by atoms with van der Waals surface area (Å²) in [6.45, 7) is 1.98. The number of hydrogen-bond acceptors (Lipinski definition) is 4. The number of nitrogens with zero attached hydrogens (tertiary/aromatic N) is 1. The van der Waals surface area contributed by atoms with Crippen LogP contribution in [0.25, 0.3) is 0 Å². The van der Waals surface area contributed by atoms with Crippen molar-refractivity contribution in [1.29, 1.82) is 0 Å². The van der Waals surface area contributed by atoms with Crippen LogP contribution in [0, 0.1) is 0 Å². The number of aliphatic hydroxyl groups excluding tert-OH is 1. The second-order valence-corrected chi connectivity index (χ2v) is 4.65. The van der Waals surface area contributed by atoms with E-state index in [1.54, 1.807) is 7.11 Å². The lowest BCUT2D eigenvalue weighted by Crippen LogP contribution is -2.35. The molecule has 0 aromatic heterocycles. The lowest BCUT2D eigenvalue weighted by atomic mass is 10.1. The zero-order chi connectivity index (χ0) is 12.8. The van der Waals surface area contributed by atoms with Gasteiger partial charge in [0.25, 0.3) is 0 Å². The second kappa shape index (κ2) is 6.85. The Balaban J connectivity index is 1.78. The van der Waals surface area contributed by atoms with Gasteiger partial charge in [-0.05, 0) is 12.0 Å². The maximum Gasteiger partial charge on any atom is 0.146 e. The van der Waals surface area contributed by atoms with Crippen molar-refractivity contribution in [3.05, 3.63) is 35.9 Å². The molecule has 0 spiro atoms. The molecular formula is C14H21NO3. The SMILES string of the molecule is COCO[C@H]1CCN([C@@H](O)Cc2ccccc2)C1. The number of aliphatic hydroxyl groups is 1. The lowest BCUT2D eigenvalue weighted by Gasteiger charge is -2.23. The largest absolute Gasteiger partial charge is 0.378 e. The highest BCUT2D eigenvalue weighted by Crippen LogP contribution is 2.17. The van der Waals surface area contributed by atoms with Gasteiger partial charge in [0.1, 0.15) is 13.0 Å². The maximum absolute atomic E-state index is 10.2. The van der Waals surface area contributed by atoms with Crippen molar-refractivity contribution in [3.63, 3.8) is 0 Å². The third-order valence-corrected chi connectivity index (χ3v) is 3.28. The summed E-state index contributed by atoms with van der Waals surface area (Å²) in [5, 5.41) is 10.2. The van der Waals surface area contributed by atoms with Gasteiger partial charge in [0.2, 0.25) is 0 Å². The molecule has 0 bridgehead atoms. The molecule has 2 rings (SSSR count). The first-order chi connectivity index (χ1) is 8.79. The Labute approximate surface area is 108 Å². The molecule has 0 amide bonds. The first-order valence-corrected chi connectivity index (χ1v) is 6.36. The van der Waals surface area contributed by atoms with Gasteiger partial charge in [-0.25, -0.2) is 0 Å². The van der Waals surface area contributed by atoms with Crippen LogP contribution < -0.4 is 0 Å². The van der Waals surface area contributed by atoms with Crippen molar-refractivity contribution in [3.8, 4) is 0 Å².